The first-order chi connectivity index (χ1) is 23.7. The maximum Gasteiger partial charge on any atom is 0.193 e. The molecule has 1 heterocycles. The maximum absolute atomic E-state index is 14.8. The molecule has 0 amide bonds. The fourth-order valence-electron chi connectivity index (χ4n) is 9.01. The molecule has 0 N–H and O–H groups in total. The lowest BCUT2D eigenvalue weighted by atomic mass is 9.70. The molecule has 2 aliphatic carbocycles. The molecule has 2 aliphatic rings. The maximum atomic E-state index is 14.8. The van der Waals surface area contributed by atoms with Gasteiger partial charge >= 0.3 is 0 Å². The Morgan fingerprint density at radius 1 is 0.438 bits per heavy atom. The zero-order valence-electron chi connectivity index (χ0n) is 25.8. The zero-order valence-corrected chi connectivity index (χ0v) is 25.8. The first kappa shape index (κ1) is 25.9. The summed E-state index contributed by atoms with van der Waals surface area (Å²) in [5.74, 6) is 0.00661. The summed E-state index contributed by atoms with van der Waals surface area (Å²) in [5, 5.41) is 6.29. The van der Waals surface area contributed by atoms with Crippen molar-refractivity contribution < 1.29 is 9.21 Å². The zero-order chi connectivity index (χ0) is 31.6. The molecule has 0 saturated carbocycles. The third kappa shape index (κ3) is 3.10. The molecule has 2 nitrogen and oxygen atoms in total. The van der Waals surface area contributed by atoms with Gasteiger partial charge in [-0.2, -0.15) is 0 Å². The predicted molar refractivity (Wildman–Crippen MR) is 195 cm³/mol. The Morgan fingerprint density at radius 2 is 0.979 bits per heavy atom. The molecule has 8 aromatic carbocycles. The Bertz CT molecular complexity index is 2800. The monoisotopic (exact) mass is 610 g/mol. The third-order valence-electron chi connectivity index (χ3n) is 10.9. The molecule has 1 aromatic heterocycles. The van der Waals surface area contributed by atoms with E-state index in [0.717, 1.165) is 49.0 Å². The number of rotatable bonds is 2. The van der Waals surface area contributed by atoms with Gasteiger partial charge in [0.25, 0.3) is 0 Å². The number of ketones is 1. The molecular formula is C46H26O2. The number of hydrogen-bond donors (Lipinski definition) is 0. The van der Waals surface area contributed by atoms with Crippen molar-refractivity contribution in [2.75, 3.05) is 0 Å². The third-order valence-corrected chi connectivity index (χ3v) is 10.9. The normalized spacial score (nSPS) is 13.7. The van der Waals surface area contributed by atoms with Crippen molar-refractivity contribution in [2.45, 2.75) is 5.41 Å². The minimum atomic E-state index is -0.494. The number of carbonyl (C=O) groups excluding carboxylic acids is 1. The summed E-state index contributed by atoms with van der Waals surface area (Å²) in [6.45, 7) is 0. The van der Waals surface area contributed by atoms with E-state index in [9.17, 15) is 4.79 Å². The van der Waals surface area contributed by atoms with E-state index in [1.54, 1.807) is 0 Å². The van der Waals surface area contributed by atoms with Crippen LogP contribution in [0, 0.1) is 0 Å². The Balaban J connectivity index is 1.17. The van der Waals surface area contributed by atoms with Gasteiger partial charge < -0.3 is 4.42 Å². The summed E-state index contributed by atoms with van der Waals surface area (Å²) in [6.07, 6.45) is 0. The van der Waals surface area contributed by atoms with Gasteiger partial charge in [0.2, 0.25) is 0 Å². The van der Waals surface area contributed by atoms with Gasteiger partial charge in [-0.15, -0.1) is 0 Å². The second-order valence-electron chi connectivity index (χ2n) is 13.1. The van der Waals surface area contributed by atoms with E-state index in [0.29, 0.717) is 11.1 Å². The van der Waals surface area contributed by atoms with Crippen molar-refractivity contribution in [3.05, 3.63) is 191 Å². The van der Waals surface area contributed by atoms with Crippen molar-refractivity contribution >= 4 is 49.3 Å². The van der Waals surface area contributed by atoms with Crippen LogP contribution in [0.15, 0.2) is 162 Å². The lowest BCUT2D eigenvalue weighted by Gasteiger charge is -2.30. The molecule has 222 valence electrons. The van der Waals surface area contributed by atoms with E-state index < -0.39 is 5.41 Å². The highest BCUT2D eigenvalue weighted by molar-refractivity contribution is 6.27. The number of benzene rings is 8. The molecule has 0 saturated heterocycles. The number of carbonyl (C=O) groups is 1. The summed E-state index contributed by atoms with van der Waals surface area (Å²) in [7, 11) is 0. The first-order valence-electron chi connectivity index (χ1n) is 16.5. The van der Waals surface area contributed by atoms with Gasteiger partial charge in [-0.1, -0.05) is 133 Å². The van der Waals surface area contributed by atoms with E-state index in [2.05, 4.69) is 127 Å². The van der Waals surface area contributed by atoms with E-state index in [4.69, 9.17) is 4.42 Å². The Labute approximate surface area is 276 Å². The summed E-state index contributed by atoms with van der Waals surface area (Å²) in [6, 6.07) is 55.4. The van der Waals surface area contributed by atoms with Crippen molar-refractivity contribution in [3.63, 3.8) is 0 Å². The fourth-order valence-corrected chi connectivity index (χ4v) is 9.01. The van der Waals surface area contributed by atoms with Gasteiger partial charge in [-0.05, 0) is 90.3 Å². The van der Waals surface area contributed by atoms with Crippen LogP contribution in [0.25, 0.3) is 65.7 Å². The van der Waals surface area contributed by atoms with E-state index >= 15 is 0 Å². The Hall–Kier alpha value is -6.25. The second kappa shape index (κ2) is 9.18. The summed E-state index contributed by atoms with van der Waals surface area (Å²) in [5.41, 5.74) is 12.3. The van der Waals surface area contributed by atoms with Crippen LogP contribution in [0.3, 0.4) is 0 Å². The predicted octanol–water partition coefficient (Wildman–Crippen LogP) is 11.5. The highest BCUT2D eigenvalue weighted by Crippen LogP contribution is 2.62. The second-order valence-corrected chi connectivity index (χ2v) is 13.1. The molecule has 1 spiro atoms. The Kier molecular flexibility index (Phi) is 4.95. The highest BCUT2D eigenvalue weighted by Gasteiger charge is 2.51. The van der Waals surface area contributed by atoms with E-state index in [1.165, 1.54) is 38.9 Å². The van der Waals surface area contributed by atoms with Crippen LogP contribution in [0.2, 0.25) is 0 Å². The molecule has 0 bridgehead atoms. The summed E-state index contributed by atoms with van der Waals surface area (Å²) >= 11 is 0. The van der Waals surface area contributed by atoms with Crippen LogP contribution in [0.4, 0.5) is 0 Å². The van der Waals surface area contributed by atoms with Crippen LogP contribution in [-0.2, 0) is 5.41 Å². The molecule has 0 aliphatic heterocycles. The number of fused-ring (bicyclic) bond motifs is 11. The van der Waals surface area contributed by atoms with Gasteiger partial charge in [0.1, 0.15) is 11.2 Å². The highest BCUT2D eigenvalue weighted by atomic mass is 16.3. The summed E-state index contributed by atoms with van der Waals surface area (Å²) in [4.78, 5) is 14.8. The SMILES string of the molecule is O=C(c1ccc2c(c1)C1(c3ccccc3-c3ccccc31)c1ccccc1-2)c1ccc2oc3cccc4cccc(c5cccc1c25)c43. The van der Waals surface area contributed by atoms with Crippen LogP contribution < -0.4 is 0 Å². The molecular weight excluding hydrogens is 585 g/mol. The lowest BCUT2D eigenvalue weighted by Crippen LogP contribution is -2.26. The summed E-state index contributed by atoms with van der Waals surface area (Å²) < 4.78 is 6.60. The lowest BCUT2D eigenvalue weighted by molar-refractivity contribution is 0.104. The minimum absolute atomic E-state index is 0.00661. The first-order valence-corrected chi connectivity index (χ1v) is 16.5. The van der Waals surface area contributed by atoms with Gasteiger partial charge in [-0.3, -0.25) is 4.79 Å². The molecule has 2 heteroatoms. The van der Waals surface area contributed by atoms with E-state index in [-0.39, 0.29) is 5.78 Å². The van der Waals surface area contributed by atoms with Crippen LogP contribution >= 0.6 is 0 Å². The molecule has 9 aromatic rings. The average molecular weight is 611 g/mol. The molecule has 11 rings (SSSR count). The van der Waals surface area contributed by atoms with Crippen LogP contribution in [-0.4, -0.2) is 5.78 Å². The average Bonchev–Trinajstić information content (AvgIpc) is 3.56. The molecule has 0 unspecified atom stereocenters. The topological polar surface area (TPSA) is 30.2 Å². The van der Waals surface area contributed by atoms with Gasteiger partial charge in [-0.25, -0.2) is 0 Å². The molecule has 0 radical (unpaired) electrons. The van der Waals surface area contributed by atoms with Crippen LogP contribution in [0.5, 0.6) is 0 Å². The molecule has 0 fully saturated rings. The van der Waals surface area contributed by atoms with Gasteiger partial charge in [0, 0.05) is 21.9 Å². The van der Waals surface area contributed by atoms with Crippen molar-refractivity contribution in [2.24, 2.45) is 0 Å². The van der Waals surface area contributed by atoms with Crippen molar-refractivity contribution in [3.8, 4) is 22.3 Å². The Morgan fingerprint density at radius 3 is 1.67 bits per heavy atom. The quantitative estimate of drug-likeness (QED) is 0.182. The number of hydrogen-bond acceptors (Lipinski definition) is 2. The smallest absolute Gasteiger partial charge is 0.193 e. The molecule has 48 heavy (non-hydrogen) atoms. The molecule has 0 atom stereocenters. The van der Waals surface area contributed by atoms with Gasteiger partial charge in [0.15, 0.2) is 5.78 Å². The van der Waals surface area contributed by atoms with E-state index in [1.807, 2.05) is 30.3 Å². The largest absolute Gasteiger partial charge is 0.456 e. The van der Waals surface area contributed by atoms with Crippen molar-refractivity contribution in [1.82, 2.24) is 0 Å². The standard InChI is InChI=1S/C46H26O2/c47-45(36-24-25-42-44-34(16-9-17-35(36)44)33-15-7-10-27-11-8-21-41(48-42)43(27)33)28-22-23-32-31-14-3-6-20-39(31)46(40(32)26-28)37-18-4-1-12-29(37)30-13-2-5-19-38(30)46/h1-26H. The van der Waals surface area contributed by atoms with Gasteiger partial charge in [0.05, 0.1) is 5.41 Å². The fraction of sp³-hybridized carbons (Fsp3) is 0.0217. The van der Waals surface area contributed by atoms with Crippen LogP contribution in [0.1, 0.15) is 38.2 Å². The van der Waals surface area contributed by atoms with Crippen molar-refractivity contribution in [1.29, 1.82) is 0 Å². The minimum Gasteiger partial charge on any atom is -0.456 e.